The highest BCUT2D eigenvalue weighted by molar-refractivity contribution is 7.20. The molecule has 0 spiro atoms. The topological polar surface area (TPSA) is 76.1 Å². The number of hydrogen-bond acceptors (Lipinski definition) is 6. The van der Waals surface area contributed by atoms with E-state index in [4.69, 9.17) is 16.3 Å². The van der Waals surface area contributed by atoms with Crippen LogP contribution in [0.5, 0.6) is 5.75 Å². The van der Waals surface area contributed by atoms with Crippen LogP contribution >= 0.6 is 22.9 Å². The lowest BCUT2D eigenvalue weighted by atomic mass is 10.1. The number of fused-ring (bicyclic) bond motifs is 1. The standard InChI is InChI=1S/C32H24ClFN4O2S/c1-21-7-9-22(10-8-21)11-14-30(39)35-15-3-6-26-18-28-31(41-26)32(37-20-36-28)38-25-12-13-29(27(33)17-25)40-19-23-4-2-5-24(34)16-23/h2,4-5,7-14,16-18,20H,15,19H2,1H3,(H,35,39)(H,36,37,38). The summed E-state index contributed by atoms with van der Waals surface area (Å²) in [6.07, 6.45) is 4.74. The number of aryl methyl sites for hydroxylation is 1. The van der Waals surface area contributed by atoms with E-state index in [0.29, 0.717) is 22.2 Å². The normalized spacial score (nSPS) is 10.8. The van der Waals surface area contributed by atoms with Crippen LogP contribution in [0, 0.1) is 24.6 Å². The van der Waals surface area contributed by atoms with Crippen molar-refractivity contribution in [3.05, 3.63) is 118 Å². The monoisotopic (exact) mass is 582 g/mol. The molecule has 0 aliphatic rings. The molecule has 41 heavy (non-hydrogen) atoms. The third-order valence-corrected chi connectivity index (χ3v) is 7.20. The first-order valence-electron chi connectivity index (χ1n) is 12.6. The molecule has 5 aromatic rings. The van der Waals surface area contributed by atoms with Gasteiger partial charge in [-0.15, -0.1) is 11.3 Å². The zero-order valence-corrected chi connectivity index (χ0v) is 23.5. The van der Waals surface area contributed by atoms with Crippen LogP contribution in [-0.2, 0) is 11.4 Å². The van der Waals surface area contributed by atoms with Gasteiger partial charge in [0.2, 0.25) is 5.91 Å². The molecule has 0 aliphatic heterocycles. The molecule has 1 amide bonds. The second kappa shape index (κ2) is 13.1. The first-order valence-corrected chi connectivity index (χ1v) is 13.8. The van der Waals surface area contributed by atoms with Gasteiger partial charge < -0.3 is 15.4 Å². The van der Waals surface area contributed by atoms with Crippen molar-refractivity contribution in [1.29, 1.82) is 0 Å². The van der Waals surface area contributed by atoms with E-state index in [1.54, 1.807) is 30.3 Å². The third-order valence-electron chi connectivity index (χ3n) is 5.86. The van der Waals surface area contributed by atoms with E-state index in [1.165, 1.54) is 41.4 Å². The van der Waals surface area contributed by atoms with Crippen molar-refractivity contribution >= 4 is 56.6 Å². The molecule has 204 valence electrons. The summed E-state index contributed by atoms with van der Waals surface area (Å²) in [6.45, 7) is 2.43. The van der Waals surface area contributed by atoms with Crippen LogP contribution in [0.25, 0.3) is 16.3 Å². The largest absolute Gasteiger partial charge is 0.487 e. The van der Waals surface area contributed by atoms with Crippen molar-refractivity contribution in [2.45, 2.75) is 13.5 Å². The smallest absolute Gasteiger partial charge is 0.244 e. The van der Waals surface area contributed by atoms with Crippen molar-refractivity contribution in [1.82, 2.24) is 15.3 Å². The van der Waals surface area contributed by atoms with Gasteiger partial charge in [-0.25, -0.2) is 14.4 Å². The molecule has 6 nitrogen and oxygen atoms in total. The summed E-state index contributed by atoms with van der Waals surface area (Å²) < 4.78 is 20.0. The van der Waals surface area contributed by atoms with Crippen LogP contribution in [0.2, 0.25) is 5.02 Å². The molecule has 5 rings (SSSR count). The fourth-order valence-corrected chi connectivity index (χ4v) is 4.96. The number of amides is 1. The van der Waals surface area contributed by atoms with Crippen molar-refractivity contribution in [3.63, 3.8) is 0 Å². The quantitative estimate of drug-likeness (QED) is 0.148. The zero-order chi connectivity index (χ0) is 28.6. The Hall–Kier alpha value is -4.71. The zero-order valence-electron chi connectivity index (χ0n) is 21.9. The summed E-state index contributed by atoms with van der Waals surface area (Å²) in [7, 11) is 0. The Morgan fingerprint density at radius 3 is 2.76 bits per heavy atom. The highest BCUT2D eigenvalue weighted by Crippen LogP contribution is 2.33. The van der Waals surface area contributed by atoms with E-state index in [9.17, 15) is 9.18 Å². The molecule has 2 aromatic heterocycles. The number of benzene rings is 3. The molecule has 2 heterocycles. The van der Waals surface area contributed by atoms with Crippen LogP contribution in [-0.4, -0.2) is 22.4 Å². The van der Waals surface area contributed by atoms with Gasteiger partial charge in [-0.3, -0.25) is 4.79 Å². The van der Waals surface area contributed by atoms with Gasteiger partial charge in [0.05, 0.1) is 26.7 Å². The van der Waals surface area contributed by atoms with Crippen LogP contribution < -0.4 is 15.4 Å². The summed E-state index contributed by atoms with van der Waals surface area (Å²) in [4.78, 5) is 21.6. The molecule has 0 saturated carbocycles. The van der Waals surface area contributed by atoms with E-state index in [-0.39, 0.29) is 24.9 Å². The van der Waals surface area contributed by atoms with E-state index >= 15 is 0 Å². The number of carbonyl (C=O) groups is 1. The number of hydrogen-bond donors (Lipinski definition) is 2. The Labute approximate surface area is 245 Å². The molecular formula is C32H24ClFN4O2S. The molecule has 0 unspecified atom stereocenters. The summed E-state index contributed by atoms with van der Waals surface area (Å²) in [5, 5.41) is 6.46. The van der Waals surface area contributed by atoms with E-state index in [1.807, 2.05) is 43.3 Å². The van der Waals surface area contributed by atoms with Crippen LogP contribution in [0.4, 0.5) is 15.9 Å². The first-order chi connectivity index (χ1) is 19.9. The molecule has 3 aromatic carbocycles. The average molecular weight is 583 g/mol. The summed E-state index contributed by atoms with van der Waals surface area (Å²) >= 11 is 7.89. The Morgan fingerprint density at radius 1 is 1.10 bits per heavy atom. The average Bonchev–Trinajstić information content (AvgIpc) is 3.39. The highest BCUT2D eigenvalue weighted by Gasteiger charge is 2.10. The number of anilines is 2. The van der Waals surface area contributed by atoms with Gasteiger partial charge in [0.15, 0.2) is 5.82 Å². The number of rotatable bonds is 8. The highest BCUT2D eigenvalue weighted by atomic mass is 35.5. The van der Waals surface area contributed by atoms with E-state index in [2.05, 4.69) is 32.4 Å². The lowest BCUT2D eigenvalue weighted by Gasteiger charge is -2.11. The molecule has 0 atom stereocenters. The van der Waals surface area contributed by atoms with E-state index in [0.717, 1.165) is 26.3 Å². The molecule has 0 aliphatic carbocycles. The van der Waals surface area contributed by atoms with Crippen molar-refractivity contribution in [2.75, 3.05) is 11.9 Å². The van der Waals surface area contributed by atoms with Gasteiger partial charge >= 0.3 is 0 Å². The number of ether oxygens (including phenoxy) is 1. The molecule has 9 heteroatoms. The minimum Gasteiger partial charge on any atom is -0.487 e. The minimum absolute atomic E-state index is 0.198. The van der Waals surface area contributed by atoms with Crippen LogP contribution in [0.3, 0.4) is 0 Å². The van der Waals surface area contributed by atoms with E-state index < -0.39 is 0 Å². The Morgan fingerprint density at radius 2 is 1.95 bits per heavy atom. The van der Waals surface area contributed by atoms with Gasteiger partial charge in [-0.2, -0.15) is 0 Å². The Kier molecular flexibility index (Phi) is 8.89. The predicted octanol–water partition coefficient (Wildman–Crippen LogP) is 7.30. The van der Waals surface area contributed by atoms with Gasteiger partial charge in [0.25, 0.3) is 0 Å². The van der Waals surface area contributed by atoms with Crippen molar-refractivity contribution in [2.24, 2.45) is 0 Å². The number of nitrogens with zero attached hydrogens (tertiary/aromatic N) is 2. The number of aromatic nitrogens is 2. The molecule has 0 bridgehead atoms. The van der Waals surface area contributed by atoms with Crippen LogP contribution in [0.1, 0.15) is 21.6 Å². The van der Waals surface area contributed by atoms with Crippen LogP contribution in [0.15, 0.2) is 85.2 Å². The summed E-state index contributed by atoms with van der Waals surface area (Å²) in [6, 6.07) is 21.3. The summed E-state index contributed by atoms with van der Waals surface area (Å²) in [5.74, 6) is 6.64. The number of thiophene rings is 1. The third kappa shape index (κ3) is 7.70. The molecule has 2 N–H and O–H groups in total. The van der Waals surface area contributed by atoms with Gasteiger partial charge in [-0.05, 0) is 60.5 Å². The number of nitrogens with one attached hydrogen (secondary N) is 2. The maximum absolute atomic E-state index is 13.4. The number of carbonyl (C=O) groups excluding carboxylic acids is 1. The maximum atomic E-state index is 13.4. The molecular weight excluding hydrogens is 559 g/mol. The fourth-order valence-electron chi connectivity index (χ4n) is 3.80. The minimum atomic E-state index is -0.315. The Balaban J connectivity index is 1.19. The maximum Gasteiger partial charge on any atom is 0.244 e. The number of halogens is 2. The SMILES string of the molecule is Cc1ccc(C=CC(=O)NCC#Cc2cc3ncnc(Nc4ccc(OCc5cccc(F)c5)c(Cl)c4)c3s2)cc1. The van der Waals surface area contributed by atoms with Gasteiger partial charge in [-0.1, -0.05) is 65.4 Å². The second-order valence-electron chi connectivity index (χ2n) is 9.00. The lowest BCUT2D eigenvalue weighted by Crippen LogP contribution is -2.20. The van der Waals surface area contributed by atoms with Gasteiger partial charge in [0.1, 0.15) is 24.5 Å². The lowest BCUT2D eigenvalue weighted by molar-refractivity contribution is -0.116. The Bertz CT molecular complexity index is 1790. The molecule has 0 fully saturated rings. The fraction of sp³-hybridized carbons (Fsp3) is 0.0938. The predicted molar refractivity (Wildman–Crippen MR) is 163 cm³/mol. The second-order valence-corrected chi connectivity index (χ2v) is 10.5. The van der Waals surface area contributed by atoms with Crippen molar-refractivity contribution in [3.8, 4) is 17.6 Å². The van der Waals surface area contributed by atoms with Gasteiger partial charge in [0, 0.05) is 11.8 Å². The molecule has 0 saturated heterocycles. The molecule has 0 radical (unpaired) electrons. The van der Waals surface area contributed by atoms with Crippen molar-refractivity contribution < 1.29 is 13.9 Å². The summed E-state index contributed by atoms with van der Waals surface area (Å²) in [5.41, 5.74) is 4.31. The first kappa shape index (κ1) is 27.8.